The van der Waals surface area contributed by atoms with E-state index in [1.807, 2.05) is 24.3 Å². The van der Waals surface area contributed by atoms with Gasteiger partial charge in [-0.05, 0) is 23.6 Å². The SMILES string of the molecule is Cc1ccccc1[C@@H]1CC(=O)Nc2c(-c3ccccc3)csc21. The molecule has 1 aliphatic heterocycles. The maximum absolute atomic E-state index is 12.3. The normalized spacial score (nSPS) is 16.7. The minimum atomic E-state index is 0.0985. The Morgan fingerprint density at radius 1 is 1.04 bits per heavy atom. The number of aryl methyl sites for hydroxylation is 1. The van der Waals surface area contributed by atoms with E-state index in [9.17, 15) is 4.79 Å². The summed E-state index contributed by atoms with van der Waals surface area (Å²) in [5, 5.41) is 5.26. The minimum Gasteiger partial charge on any atom is -0.325 e. The summed E-state index contributed by atoms with van der Waals surface area (Å²) in [6.45, 7) is 2.12. The van der Waals surface area contributed by atoms with Crippen molar-refractivity contribution in [1.82, 2.24) is 0 Å². The lowest BCUT2D eigenvalue weighted by molar-refractivity contribution is -0.116. The lowest BCUT2D eigenvalue weighted by Crippen LogP contribution is -2.22. The second kappa shape index (κ2) is 5.67. The lowest BCUT2D eigenvalue weighted by atomic mass is 9.87. The van der Waals surface area contributed by atoms with Crippen LogP contribution in [0.3, 0.4) is 0 Å². The van der Waals surface area contributed by atoms with Crippen molar-refractivity contribution in [2.24, 2.45) is 0 Å². The molecule has 4 rings (SSSR count). The van der Waals surface area contributed by atoms with Crippen LogP contribution in [0.2, 0.25) is 0 Å². The Balaban J connectivity index is 1.85. The molecular formula is C20H17NOS. The molecule has 0 radical (unpaired) electrons. The number of thiophene rings is 1. The molecule has 0 saturated heterocycles. The number of carbonyl (C=O) groups is 1. The highest BCUT2D eigenvalue weighted by atomic mass is 32.1. The first-order chi connectivity index (χ1) is 11.2. The molecular weight excluding hydrogens is 302 g/mol. The summed E-state index contributed by atoms with van der Waals surface area (Å²) in [6.07, 6.45) is 0.520. The predicted octanol–water partition coefficient (Wildman–Crippen LogP) is 5.20. The van der Waals surface area contributed by atoms with Gasteiger partial charge >= 0.3 is 0 Å². The fourth-order valence-corrected chi connectivity index (χ4v) is 4.44. The van der Waals surface area contributed by atoms with Crippen molar-refractivity contribution in [2.45, 2.75) is 19.3 Å². The van der Waals surface area contributed by atoms with Crippen LogP contribution in [0.1, 0.15) is 28.3 Å². The summed E-state index contributed by atoms with van der Waals surface area (Å²) in [4.78, 5) is 13.6. The number of hydrogen-bond acceptors (Lipinski definition) is 2. The average Bonchev–Trinajstić information content (AvgIpc) is 2.99. The molecule has 1 aromatic heterocycles. The van der Waals surface area contributed by atoms with Crippen molar-refractivity contribution >= 4 is 22.9 Å². The molecule has 0 fully saturated rings. The van der Waals surface area contributed by atoms with Gasteiger partial charge in [0.1, 0.15) is 0 Å². The number of fused-ring (bicyclic) bond motifs is 1. The summed E-state index contributed by atoms with van der Waals surface area (Å²) in [6, 6.07) is 18.6. The van der Waals surface area contributed by atoms with Gasteiger partial charge in [-0.1, -0.05) is 54.6 Å². The third kappa shape index (κ3) is 2.47. The second-order valence-electron chi connectivity index (χ2n) is 5.92. The fourth-order valence-electron chi connectivity index (χ4n) is 3.29. The van der Waals surface area contributed by atoms with Crippen molar-refractivity contribution < 1.29 is 4.79 Å². The summed E-state index contributed by atoms with van der Waals surface area (Å²) >= 11 is 1.75. The molecule has 2 aromatic carbocycles. The molecule has 3 heteroatoms. The van der Waals surface area contributed by atoms with E-state index >= 15 is 0 Å². The maximum atomic E-state index is 12.3. The van der Waals surface area contributed by atoms with Gasteiger partial charge in [0.25, 0.3) is 0 Å². The average molecular weight is 319 g/mol. The van der Waals surface area contributed by atoms with Gasteiger partial charge in [-0.3, -0.25) is 4.79 Å². The number of amides is 1. The first-order valence-corrected chi connectivity index (χ1v) is 8.64. The Kier molecular flexibility index (Phi) is 3.50. The van der Waals surface area contributed by atoms with E-state index in [-0.39, 0.29) is 11.8 Å². The molecule has 0 aliphatic carbocycles. The molecule has 0 unspecified atom stereocenters. The maximum Gasteiger partial charge on any atom is 0.225 e. The number of nitrogens with one attached hydrogen (secondary N) is 1. The van der Waals surface area contributed by atoms with E-state index in [4.69, 9.17) is 0 Å². The fraction of sp³-hybridized carbons (Fsp3) is 0.150. The first-order valence-electron chi connectivity index (χ1n) is 7.76. The van der Waals surface area contributed by atoms with Crippen molar-refractivity contribution in [1.29, 1.82) is 0 Å². The molecule has 0 bridgehead atoms. The van der Waals surface area contributed by atoms with Crippen LogP contribution in [-0.4, -0.2) is 5.91 Å². The number of carbonyl (C=O) groups excluding carboxylic acids is 1. The molecule has 0 saturated carbocycles. The number of rotatable bonds is 2. The first kappa shape index (κ1) is 14.2. The van der Waals surface area contributed by atoms with Crippen LogP contribution in [-0.2, 0) is 4.79 Å². The van der Waals surface area contributed by atoms with Crippen LogP contribution in [0.15, 0.2) is 60.0 Å². The number of benzene rings is 2. The van der Waals surface area contributed by atoms with Crippen LogP contribution in [0.5, 0.6) is 0 Å². The quantitative estimate of drug-likeness (QED) is 0.691. The van der Waals surface area contributed by atoms with Gasteiger partial charge in [0, 0.05) is 28.2 Å². The molecule has 3 aromatic rings. The molecule has 2 nitrogen and oxygen atoms in total. The number of hydrogen-bond donors (Lipinski definition) is 1. The minimum absolute atomic E-state index is 0.0985. The standard InChI is InChI=1S/C20H17NOS/c1-13-7-5-6-10-15(13)16-11-18(22)21-19-17(12-23-20(16)19)14-8-3-2-4-9-14/h2-10,12,16H,11H2,1H3,(H,21,22)/t16-/m0/s1. The van der Waals surface area contributed by atoms with Gasteiger partial charge in [-0.25, -0.2) is 0 Å². The third-order valence-corrected chi connectivity index (χ3v) is 5.53. The highest BCUT2D eigenvalue weighted by Gasteiger charge is 2.30. The zero-order valence-electron chi connectivity index (χ0n) is 12.9. The van der Waals surface area contributed by atoms with Crippen molar-refractivity contribution in [3.05, 3.63) is 76.0 Å². The van der Waals surface area contributed by atoms with Gasteiger partial charge in [0.15, 0.2) is 0 Å². The molecule has 1 amide bonds. The Hall–Kier alpha value is -2.39. The zero-order valence-corrected chi connectivity index (χ0v) is 13.7. The molecule has 1 aliphatic rings. The second-order valence-corrected chi connectivity index (χ2v) is 6.83. The van der Waals surface area contributed by atoms with E-state index in [2.05, 4.69) is 48.0 Å². The lowest BCUT2D eigenvalue weighted by Gasteiger charge is -2.25. The Morgan fingerprint density at radius 3 is 2.57 bits per heavy atom. The van der Waals surface area contributed by atoms with E-state index in [1.165, 1.54) is 16.0 Å². The topological polar surface area (TPSA) is 29.1 Å². The van der Waals surface area contributed by atoms with Crippen LogP contribution < -0.4 is 5.32 Å². The Bertz CT molecular complexity index is 866. The van der Waals surface area contributed by atoms with E-state index < -0.39 is 0 Å². The van der Waals surface area contributed by atoms with Gasteiger partial charge in [0.05, 0.1) is 5.69 Å². The highest BCUT2D eigenvalue weighted by molar-refractivity contribution is 7.11. The number of anilines is 1. The summed E-state index contributed by atoms with van der Waals surface area (Å²) in [7, 11) is 0. The monoisotopic (exact) mass is 319 g/mol. The Morgan fingerprint density at radius 2 is 1.78 bits per heavy atom. The van der Waals surface area contributed by atoms with Crippen molar-refractivity contribution in [3.8, 4) is 11.1 Å². The zero-order chi connectivity index (χ0) is 15.8. The van der Waals surface area contributed by atoms with Gasteiger partial charge < -0.3 is 5.32 Å². The molecule has 1 N–H and O–H groups in total. The summed E-state index contributed by atoms with van der Waals surface area (Å²) < 4.78 is 0. The highest BCUT2D eigenvalue weighted by Crippen LogP contribution is 2.46. The van der Waals surface area contributed by atoms with Gasteiger partial charge in [-0.15, -0.1) is 11.3 Å². The molecule has 23 heavy (non-hydrogen) atoms. The Labute approximate surface area is 139 Å². The van der Waals surface area contributed by atoms with Gasteiger partial charge in [0.2, 0.25) is 5.91 Å². The van der Waals surface area contributed by atoms with Crippen LogP contribution in [0.25, 0.3) is 11.1 Å². The van der Waals surface area contributed by atoms with Gasteiger partial charge in [-0.2, -0.15) is 0 Å². The third-order valence-electron chi connectivity index (χ3n) is 4.44. The smallest absolute Gasteiger partial charge is 0.225 e. The van der Waals surface area contributed by atoms with Crippen LogP contribution >= 0.6 is 11.3 Å². The van der Waals surface area contributed by atoms with Crippen molar-refractivity contribution in [2.75, 3.05) is 5.32 Å². The molecule has 0 spiro atoms. The van der Waals surface area contributed by atoms with Crippen LogP contribution in [0, 0.1) is 6.92 Å². The summed E-state index contributed by atoms with van der Waals surface area (Å²) in [5.74, 6) is 0.253. The molecule has 114 valence electrons. The predicted molar refractivity (Wildman–Crippen MR) is 96.0 cm³/mol. The van der Waals surface area contributed by atoms with Crippen molar-refractivity contribution in [3.63, 3.8) is 0 Å². The van der Waals surface area contributed by atoms with Crippen LogP contribution in [0.4, 0.5) is 5.69 Å². The van der Waals surface area contributed by atoms with E-state index in [1.54, 1.807) is 11.3 Å². The largest absolute Gasteiger partial charge is 0.325 e. The van der Waals surface area contributed by atoms with E-state index in [0.29, 0.717) is 6.42 Å². The molecule has 1 atom stereocenters. The summed E-state index contributed by atoms with van der Waals surface area (Å²) in [5.41, 5.74) is 5.76. The molecule has 2 heterocycles. The van der Waals surface area contributed by atoms with E-state index in [0.717, 1.165) is 16.8 Å².